The Morgan fingerprint density at radius 1 is 1.30 bits per heavy atom. The second-order valence-electron chi connectivity index (χ2n) is 5.89. The van der Waals surface area contributed by atoms with Crippen molar-refractivity contribution in [3.63, 3.8) is 0 Å². The zero-order valence-corrected chi connectivity index (χ0v) is 13.1. The molecular formula is C17H21N3O3. The van der Waals surface area contributed by atoms with Gasteiger partial charge in [-0.15, -0.1) is 0 Å². The van der Waals surface area contributed by atoms with Crippen molar-refractivity contribution < 1.29 is 14.6 Å². The molecule has 1 saturated heterocycles. The number of carbonyl (C=O) groups excluding carboxylic acids is 1. The van der Waals surface area contributed by atoms with Crippen LogP contribution in [0.25, 0.3) is 0 Å². The average molecular weight is 315 g/mol. The lowest BCUT2D eigenvalue weighted by atomic mass is 10.2. The van der Waals surface area contributed by atoms with Crippen LogP contribution in [0.2, 0.25) is 0 Å². The first kappa shape index (κ1) is 15.7. The van der Waals surface area contributed by atoms with Crippen LogP contribution in [0.4, 0.5) is 0 Å². The van der Waals surface area contributed by atoms with Gasteiger partial charge in [0, 0.05) is 31.3 Å². The smallest absolute Gasteiger partial charge is 0.323 e. The molecule has 0 aliphatic carbocycles. The summed E-state index contributed by atoms with van der Waals surface area (Å²) >= 11 is 0. The predicted octanol–water partition coefficient (Wildman–Crippen LogP) is 1.04. The van der Waals surface area contributed by atoms with E-state index in [1.165, 1.54) is 12.7 Å². The number of nitrogens with zero attached hydrogens (tertiary/aromatic N) is 3. The standard InChI is InChI=1S/C17H21N3O3/c1-23-17(22)16-7-15(21)12-19(16)9-14-8-18-20(11-14)10-13-5-3-2-4-6-13/h2-6,8,11,15-16,21H,7,9-10,12H2,1H3/t15-,16-/m0/s1. The molecule has 3 rings (SSSR count). The number of methoxy groups -OCH3 is 1. The van der Waals surface area contributed by atoms with E-state index >= 15 is 0 Å². The molecule has 0 unspecified atom stereocenters. The Hall–Kier alpha value is -2.18. The molecule has 1 aliphatic heterocycles. The van der Waals surface area contributed by atoms with Crippen LogP contribution in [-0.2, 0) is 22.6 Å². The van der Waals surface area contributed by atoms with Gasteiger partial charge in [-0.1, -0.05) is 30.3 Å². The van der Waals surface area contributed by atoms with E-state index in [2.05, 4.69) is 17.2 Å². The van der Waals surface area contributed by atoms with Gasteiger partial charge in [-0.3, -0.25) is 14.4 Å². The Kier molecular flexibility index (Phi) is 4.73. The summed E-state index contributed by atoms with van der Waals surface area (Å²) in [5, 5.41) is 14.2. The molecule has 1 fully saturated rings. The van der Waals surface area contributed by atoms with Crippen LogP contribution in [0.1, 0.15) is 17.5 Å². The summed E-state index contributed by atoms with van der Waals surface area (Å²) < 4.78 is 6.70. The Balaban J connectivity index is 1.65. The van der Waals surface area contributed by atoms with Gasteiger partial charge >= 0.3 is 5.97 Å². The zero-order chi connectivity index (χ0) is 16.2. The largest absolute Gasteiger partial charge is 0.468 e. The maximum atomic E-state index is 11.8. The maximum absolute atomic E-state index is 11.8. The quantitative estimate of drug-likeness (QED) is 0.835. The number of benzene rings is 1. The fraction of sp³-hybridized carbons (Fsp3) is 0.412. The minimum atomic E-state index is -0.488. The van der Waals surface area contributed by atoms with E-state index in [1.54, 1.807) is 0 Å². The van der Waals surface area contributed by atoms with Crippen LogP contribution < -0.4 is 0 Å². The number of aliphatic hydroxyl groups excluding tert-OH is 1. The first-order chi connectivity index (χ1) is 11.2. The molecule has 1 N–H and O–H groups in total. The van der Waals surface area contributed by atoms with E-state index in [0.29, 0.717) is 26.1 Å². The van der Waals surface area contributed by atoms with Crippen LogP contribution in [0.3, 0.4) is 0 Å². The summed E-state index contributed by atoms with van der Waals surface area (Å²) in [7, 11) is 1.38. The minimum Gasteiger partial charge on any atom is -0.468 e. The van der Waals surface area contributed by atoms with E-state index in [9.17, 15) is 9.90 Å². The van der Waals surface area contributed by atoms with Crippen LogP contribution in [0, 0.1) is 0 Å². The highest BCUT2D eigenvalue weighted by atomic mass is 16.5. The van der Waals surface area contributed by atoms with Crippen LogP contribution in [0.5, 0.6) is 0 Å². The zero-order valence-electron chi connectivity index (χ0n) is 13.1. The van der Waals surface area contributed by atoms with Gasteiger partial charge in [-0.2, -0.15) is 5.10 Å². The summed E-state index contributed by atoms with van der Waals surface area (Å²) in [6, 6.07) is 9.74. The van der Waals surface area contributed by atoms with Gasteiger partial charge in [-0.05, 0) is 5.56 Å². The van der Waals surface area contributed by atoms with Gasteiger partial charge < -0.3 is 9.84 Å². The molecule has 23 heavy (non-hydrogen) atoms. The molecule has 6 heteroatoms. The Morgan fingerprint density at radius 2 is 2.09 bits per heavy atom. The normalized spacial score (nSPS) is 21.5. The highest BCUT2D eigenvalue weighted by Crippen LogP contribution is 2.21. The molecule has 122 valence electrons. The number of hydrogen-bond donors (Lipinski definition) is 1. The SMILES string of the molecule is COC(=O)[C@@H]1C[C@H](O)CN1Cc1cnn(Cc2ccccc2)c1. The monoisotopic (exact) mass is 315 g/mol. The first-order valence-corrected chi connectivity index (χ1v) is 7.71. The molecule has 2 heterocycles. The molecule has 0 saturated carbocycles. The van der Waals surface area contributed by atoms with Crippen molar-refractivity contribution in [1.82, 2.24) is 14.7 Å². The number of likely N-dealkylation sites (tertiary alicyclic amines) is 1. The molecule has 2 aromatic rings. The predicted molar refractivity (Wildman–Crippen MR) is 84.6 cm³/mol. The lowest BCUT2D eigenvalue weighted by Gasteiger charge is -2.21. The number of rotatable bonds is 5. The molecule has 0 spiro atoms. The van der Waals surface area contributed by atoms with Crippen molar-refractivity contribution >= 4 is 5.97 Å². The molecule has 6 nitrogen and oxygen atoms in total. The number of hydrogen-bond acceptors (Lipinski definition) is 5. The number of ether oxygens (including phenoxy) is 1. The molecule has 0 amide bonds. The number of esters is 1. The fourth-order valence-corrected chi connectivity index (χ4v) is 3.01. The minimum absolute atomic E-state index is 0.293. The van der Waals surface area contributed by atoms with Gasteiger partial charge in [0.15, 0.2) is 0 Å². The summed E-state index contributed by atoms with van der Waals surface area (Å²) in [4.78, 5) is 13.8. The number of β-amino-alcohol motifs (C(OH)–C–C–N with tert-alkyl or cyclic N) is 1. The maximum Gasteiger partial charge on any atom is 0.323 e. The fourth-order valence-electron chi connectivity index (χ4n) is 3.01. The van der Waals surface area contributed by atoms with E-state index < -0.39 is 6.10 Å². The summed E-state index contributed by atoms with van der Waals surface area (Å²) in [6.07, 6.45) is 3.72. The summed E-state index contributed by atoms with van der Waals surface area (Å²) in [6.45, 7) is 1.76. The van der Waals surface area contributed by atoms with Crippen molar-refractivity contribution in [3.8, 4) is 0 Å². The first-order valence-electron chi connectivity index (χ1n) is 7.71. The lowest BCUT2D eigenvalue weighted by molar-refractivity contribution is -0.146. The van der Waals surface area contributed by atoms with Gasteiger partial charge in [0.05, 0.1) is 26.0 Å². The van der Waals surface area contributed by atoms with E-state index in [4.69, 9.17) is 4.74 Å². The van der Waals surface area contributed by atoms with Crippen LogP contribution in [0.15, 0.2) is 42.7 Å². The van der Waals surface area contributed by atoms with Crippen molar-refractivity contribution in [2.45, 2.75) is 31.7 Å². The van der Waals surface area contributed by atoms with Gasteiger partial charge in [0.2, 0.25) is 0 Å². The Morgan fingerprint density at radius 3 is 2.83 bits per heavy atom. The van der Waals surface area contributed by atoms with Gasteiger partial charge in [-0.25, -0.2) is 0 Å². The second-order valence-corrected chi connectivity index (χ2v) is 5.89. The molecule has 1 aliphatic rings. The lowest BCUT2D eigenvalue weighted by Crippen LogP contribution is -2.36. The molecule has 2 atom stereocenters. The number of aliphatic hydroxyl groups is 1. The van der Waals surface area contributed by atoms with Crippen molar-refractivity contribution in [2.75, 3.05) is 13.7 Å². The van der Waals surface area contributed by atoms with Gasteiger partial charge in [0.1, 0.15) is 6.04 Å². The van der Waals surface area contributed by atoms with Crippen LogP contribution in [-0.4, -0.2) is 51.6 Å². The molecule has 1 aromatic heterocycles. The Labute approximate surface area is 135 Å². The Bertz CT molecular complexity index is 656. The van der Waals surface area contributed by atoms with Crippen molar-refractivity contribution in [3.05, 3.63) is 53.9 Å². The highest BCUT2D eigenvalue weighted by molar-refractivity contribution is 5.76. The summed E-state index contributed by atoms with van der Waals surface area (Å²) in [5.41, 5.74) is 2.20. The number of aromatic nitrogens is 2. The van der Waals surface area contributed by atoms with E-state index in [0.717, 1.165) is 5.56 Å². The van der Waals surface area contributed by atoms with E-state index in [-0.39, 0.29) is 12.0 Å². The third-order valence-electron chi connectivity index (χ3n) is 4.11. The second kappa shape index (κ2) is 6.93. The summed E-state index contributed by atoms with van der Waals surface area (Å²) in [5.74, 6) is -0.293. The van der Waals surface area contributed by atoms with Crippen molar-refractivity contribution in [2.24, 2.45) is 0 Å². The molecule has 0 radical (unpaired) electrons. The molecular weight excluding hydrogens is 294 g/mol. The third kappa shape index (κ3) is 3.78. The third-order valence-corrected chi connectivity index (χ3v) is 4.11. The van der Waals surface area contributed by atoms with Crippen molar-refractivity contribution in [1.29, 1.82) is 0 Å². The topological polar surface area (TPSA) is 67.6 Å². The number of carbonyl (C=O) groups is 1. The molecule has 0 bridgehead atoms. The van der Waals surface area contributed by atoms with Crippen LogP contribution >= 0.6 is 0 Å². The van der Waals surface area contributed by atoms with E-state index in [1.807, 2.05) is 40.2 Å². The van der Waals surface area contributed by atoms with Gasteiger partial charge in [0.25, 0.3) is 0 Å². The average Bonchev–Trinajstić information content (AvgIpc) is 3.14. The highest BCUT2D eigenvalue weighted by Gasteiger charge is 2.36. The molecule has 1 aromatic carbocycles.